The fraction of sp³-hybridized carbons (Fsp3) is 0.115. The Kier molecular flexibility index (Phi) is 6.07. The Morgan fingerprint density at radius 1 is 1.17 bits per heavy atom. The Morgan fingerprint density at radius 2 is 2.00 bits per heavy atom. The van der Waals surface area contributed by atoms with Crippen LogP contribution >= 0.6 is 11.6 Å². The van der Waals surface area contributed by atoms with Gasteiger partial charge in [-0.2, -0.15) is 5.10 Å². The molecule has 1 atom stereocenters. The summed E-state index contributed by atoms with van der Waals surface area (Å²) in [7, 11) is 0. The molecule has 1 unspecified atom stereocenters. The molecule has 1 amide bonds. The minimum Gasteiger partial charge on any atom is -0.394 e. The molecule has 176 valence electrons. The predicted octanol–water partition coefficient (Wildman–Crippen LogP) is 5.18. The first-order chi connectivity index (χ1) is 16.9. The maximum atomic E-state index is 13.5. The Labute approximate surface area is 205 Å². The minimum absolute atomic E-state index is 0.0820. The standard InChI is InChI=1S/C26H21ClFN5O2/c1-14-4-2-3-5-18(14)16-8-19-24(32-33-25(19)30-11-16)17-10-22(29-12-17)26(35)31-23(13-34)15-6-7-21(28)20(27)9-15/h2-12,23,29,34H,13H2,1H3,(H,31,35)(H,30,32,33). The van der Waals surface area contributed by atoms with E-state index in [2.05, 4.69) is 25.5 Å². The number of hydrogen-bond acceptors (Lipinski definition) is 4. The normalized spacial score (nSPS) is 12.1. The minimum atomic E-state index is -0.751. The first kappa shape index (κ1) is 22.8. The number of amides is 1. The molecule has 9 heteroatoms. The summed E-state index contributed by atoms with van der Waals surface area (Å²) in [5.41, 5.74) is 5.96. The van der Waals surface area contributed by atoms with Gasteiger partial charge in [0.05, 0.1) is 17.7 Å². The molecule has 0 aliphatic heterocycles. The lowest BCUT2D eigenvalue weighted by Crippen LogP contribution is -2.31. The molecular weight excluding hydrogens is 469 g/mol. The van der Waals surface area contributed by atoms with E-state index in [-0.39, 0.29) is 17.3 Å². The highest BCUT2D eigenvalue weighted by atomic mass is 35.5. The second kappa shape index (κ2) is 9.32. The van der Waals surface area contributed by atoms with Crippen molar-refractivity contribution in [1.29, 1.82) is 0 Å². The van der Waals surface area contributed by atoms with E-state index in [1.807, 2.05) is 37.3 Å². The summed E-state index contributed by atoms with van der Waals surface area (Å²) in [5.74, 6) is -1.01. The van der Waals surface area contributed by atoms with Crippen molar-refractivity contribution < 1.29 is 14.3 Å². The van der Waals surface area contributed by atoms with Gasteiger partial charge < -0.3 is 15.4 Å². The number of hydrogen-bond donors (Lipinski definition) is 4. The zero-order valence-corrected chi connectivity index (χ0v) is 19.4. The van der Waals surface area contributed by atoms with Gasteiger partial charge in [0.2, 0.25) is 0 Å². The molecule has 0 aliphatic carbocycles. The zero-order valence-electron chi connectivity index (χ0n) is 18.6. The van der Waals surface area contributed by atoms with Crippen molar-refractivity contribution in [2.45, 2.75) is 13.0 Å². The number of aryl methyl sites for hydroxylation is 1. The van der Waals surface area contributed by atoms with Crippen LogP contribution in [0, 0.1) is 12.7 Å². The van der Waals surface area contributed by atoms with Crippen molar-refractivity contribution in [3.63, 3.8) is 0 Å². The van der Waals surface area contributed by atoms with Crippen LogP contribution in [0.5, 0.6) is 0 Å². The van der Waals surface area contributed by atoms with Gasteiger partial charge in [-0.15, -0.1) is 0 Å². The van der Waals surface area contributed by atoms with E-state index in [4.69, 9.17) is 11.6 Å². The quantitative estimate of drug-likeness (QED) is 0.263. The van der Waals surface area contributed by atoms with Gasteiger partial charge in [-0.25, -0.2) is 9.37 Å². The Bertz CT molecular complexity index is 1540. The number of nitrogens with zero attached hydrogens (tertiary/aromatic N) is 2. The number of aliphatic hydroxyl groups is 1. The molecule has 0 spiro atoms. The first-order valence-electron chi connectivity index (χ1n) is 10.9. The number of halogens is 2. The van der Waals surface area contributed by atoms with Crippen molar-refractivity contribution in [1.82, 2.24) is 25.5 Å². The molecule has 3 aromatic heterocycles. The number of carbonyl (C=O) groups is 1. The smallest absolute Gasteiger partial charge is 0.268 e. The number of benzene rings is 2. The lowest BCUT2D eigenvalue weighted by atomic mass is 10.0. The third kappa shape index (κ3) is 4.41. The van der Waals surface area contributed by atoms with E-state index in [1.54, 1.807) is 18.5 Å². The summed E-state index contributed by atoms with van der Waals surface area (Å²) in [5, 5.41) is 20.6. The second-order valence-corrected chi connectivity index (χ2v) is 8.60. The fourth-order valence-corrected chi connectivity index (χ4v) is 4.22. The zero-order chi connectivity index (χ0) is 24.5. The SMILES string of the molecule is Cc1ccccc1-c1cnc2[nH]nc(-c3c[nH]c(C(=O)NC(CO)c4ccc(F)c(Cl)c4)c3)c2c1. The van der Waals surface area contributed by atoms with Gasteiger partial charge in [-0.1, -0.05) is 41.9 Å². The van der Waals surface area contributed by atoms with Crippen molar-refractivity contribution in [2.24, 2.45) is 0 Å². The number of carbonyl (C=O) groups excluding carboxylic acids is 1. The molecule has 5 rings (SSSR count). The maximum absolute atomic E-state index is 13.5. The van der Waals surface area contributed by atoms with Gasteiger partial charge in [0.15, 0.2) is 5.65 Å². The average molecular weight is 490 g/mol. The van der Waals surface area contributed by atoms with E-state index in [1.165, 1.54) is 18.2 Å². The number of aromatic amines is 2. The van der Waals surface area contributed by atoms with Crippen LogP contribution in [0.4, 0.5) is 4.39 Å². The third-order valence-electron chi connectivity index (χ3n) is 5.91. The number of aromatic nitrogens is 4. The lowest BCUT2D eigenvalue weighted by Gasteiger charge is -2.16. The molecule has 35 heavy (non-hydrogen) atoms. The Morgan fingerprint density at radius 3 is 2.77 bits per heavy atom. The van der Waals surface area contributed by atoms with Crippen LogP contribution in [0.2, 0.25) is 5.02 Å². The summed E-state index contributed by atoms with van der Waals surface area (Å²) in [4.78, 5) is 20.3. The largest absolute Gasteiger partial charge is 0.394 e. The van der Waals surface area contributed by atoms with Gasteiger partial charge in [-0.05, 0) is 47.9 Å². The maximum Gasteiger partial charge on any atom is 0.268 e. The molecule has 5 aromatic rings. The van der Waals surface area contributed by atoms with Crippen LogP contribution in [0.25, 0.3) is 33.4 Å². The van der Waals surface area contributed by atoms with Crippen molar-refractivity contribution in [2.75, 3.05) is 6.61 Å². The predicted molar refractivity (Wildman–Crippen MR) is 133 cm³/mol. The van der Waals surface area contributed by atoms with Crippen LogP contribution in [-0.2, 0) is 0 Å². The summed E-state index contributed by atoms with van der Waals surface area (Å²) in [6.45, 7) is 1.67. The number of fused-ring (bicyclic) bond motifs is 1. The molecule has 3 heterocycles. The van der Waals surface area contributed by atoms with Crippen LogP contribution in [0.3, 0.4) is 0 Å². The van der Waals surface area contributed by atoms with Crippen LogP contribution < -0.4 is 5.32 Å². The van der Waals surface area contributed by atoms with Gasteiger partial charge in [0.1, 0.15) is 17.2 Å². The molecule has 0 saturated carbocycles. The highest BCUT2D eigenvalue weighted by Crippen LogP contribution is 2.31. The van der Waals surface area contributed by atoms with Crippen LogP contribution in [0.1, 0.15) is 27.7 Å². The highest BCUT2D eigenvalue weighted by molar-refractivity contribution is 6.30. The summed E-state index contributed by atoms with van der Waals surface area (Å²) in [6, 6.07) is 15.1. The molecule has 0 saturated heterocycles. The highest BCUT2D eigenvalue weighted by Gasteiger charge is 2.19. The van der Waals surface area contributed by atoms with E-state index >= 15 is 0 Å². The number of rotatable bonds is 6. The third-order valence-corrected chi connectivity index (χ3v) is 6.20. The molecule has 0 aliphatic rings. The summed E-state index contributed by atoms with van der Waals surface area (Å²) >= 11 is 5.84. The van der Waals surface area contributed by atoms with Crippen molar-refractivity contribution in [3.8, 4) is 22.4 Å². The molecule has 7 nitrogen and oxygen atoms in total. The molecule has 2 aromatic carbocycles. The van der Waals surface area contributed by atoms with Gasteiger partial charge in [0.25, 0.3) is 5.91 Å². The topological polar surface area (TPSA) is 107 Å². The molecule has 4 N–H and O–H groups in total. The fourth-order valence-electron chi connectivity index (χ4n) is 4.03. The lowest BCUT2D eigenvalue weighted by molar-refractivity contribution is 0.0911. The molecule has 0 radical (unpaired) electrons. The van der Waals surface area contributed by atoms with E-state index in [0.29, 0.717) is 22.5 Å². The number of aliphatic hydroxyl groups excluding tert-OH is 1. The number of nitrogens with one attached hydrogen (secondary N) is 3. The average Bonchev–Trinajstić information content (AvgIpc) is 3.51. The van der Waals surface area contributed by atoms with E-state index < -0.39 is 17.8 Å². The van der Waals surface area contributed by atoms with E-state index in [9.17, 15) is 14.3 Å². The van der Waals surface area contributed by atoms with Crippen molar-refractivity contribution in [3.05, 3.63) is 94.7 Å². The van der Waals surface area contributed by atoms with Gasteiger partial charge in [0, 0.05) is 28.9 Å². The molecular formula is C26H21ClFN5O2. The molecule has 0 fully saturated rings. The van der Waals surface area contributed by atoms with Crippen LogP contribution in [0.15, 0.2) is 67.0 Å². The van der Waals surface area contributed by atoms with Gasteiger partial charge in [-0.3, -0.25) is 9.89 Å². The van der Waals surface area contributed by atoms with E-state index in [0.717, 1.165) is 22.1 Å². The number of H-pyrrole nitrogens is 2. The number of pyridine rings is 1. The Balaban J connectivity index is 1.42. The van der Waals surface area contributed by atoms with Gasteiger partial charge >= 0.3 is 0 Å². The molecule has 0 bridgehead atoms. The monoisotopic (exact) mass is 489 g/mol. The second-order valence-electron chi connectivity index (χ2n) is 8.19. The first-order valence-corrected chi connectivity index (χ1v) is 11.3. The Hall–Kier alpha value is -4.01. The van der Waals surface area contributed by atoms with Crippen LogP contribution in [-0.4, -0.2) is 37.8 Å². The summed E-state index contributed by atoms with van der Waals surface area (Å²) < 4.78 is 13.5. The van der Waals surface area contributed by atoms with Crippen molar-refractivity contribution >= 4 is 28.5 Å². The summed E-state index contributed by atoms with van der Waals surface area (Å²) in [6.07, 6.45) is 3.49.